The van der Waals surface area contributed by atoms with Gasteiger partial charge in [0.25, 0.3) is 0 Å². The molecule has 3 nitrogen and oxygen atoms in total. The van der Waals surface area contributed by atoms with E-state index in [-0.39, 0.29) is 0 Å². The molecule has 0 spiro atoms. The van der Waals surface area contributed by atoms with Gasteiger partial charge in [0.2, 0.25) is 0 Å². The van der Waals surface area contributed by atoms with Crippen LogP contribution in [0, 0.1) is 0 Å². The zero-order valence-corrected chi connectivity index (χ0v) is 9.38. The smallest absolute Gasteiger partial charge is 0.0740 e. The van der Waals surface area contributed by atoms with Gasteiger partial charge in [0.15, 0.2) is 0 Å². The molecule has 3 heterocycles. The maximum atomic E-state index is 4.50. The predicted molar refractivity (Wildman–Crippen MR) is 66.2 cm³/mol. The predicted octanol–water partition coefficient (Wildman–Crippen LogP) is 3.20. The van der Waals surface area contributed by atoms with Gasteiger partial charge in [0.1, 0.15) is 0 Å². The van der Waals surface area contributed by atoms with Crippen molar-refractivity contribution >= 4 is 21.8 Å². The van der Waals surface area contributed by atoms with Crippen LogP contribution in [-0.4, -0.2) is 15.0 Å². The second kappa shape index (κ2) is 4.66. The van der Waals surface area contributed by atoms with E-state index in [0.29, 0.717) is 0 Å². The first-order chi connectivity index (χ1) is 7.93. The fraction of sp³-hybridized carbons (Fsp3) is 0.154. The van der Waals surface area contributed by atoms with E-state index in [1.807, 2.05) is 38.4 Å². The average Bonchev–Trinajstić information content (AvgIpc) is 2.38. The van der Waals surface area contributed by atoms with Crippen LogP contribution in [0.4, 0.5) is 0 Å². The van der Waals surface area contributed by atoms with Crippen LogP contribution in [0.1, 0.15) is 13.8 Å². The highest BCUT2D eigenvalue weighted by atomic mass is 14.7. The normalized spacial score (nSPS) is 9.88. The summed E-state index contributed by atoms with van der Waals surface area (Å²) in [5, 5.41) is 2.10. The van der Waals surface area contributed by atoms with Gasteiger partial charge in [-0.15, -0.1) is 0 Å². The van der Waals surface area contributed by atoms with E-state index in [4.69, 9.17) is 0 Å². The lowest BCUT2D eigenvalue weighted by Gasteiger charge is -1.99. The van der Waals surface area contributed by atoms with Gasteiger partial charge in [-0.3, -0.25) is 9.97 Å². The second-order valence-corrected chi connectivity index (χ2v) is 3.13. The molecule has 80 valence electrons. The van der Waals surface area contributed by atoms with Crippen molar-refractivity contribution in [3.8, 4) is 0 Å². The highest BCUT2D eigenvalue weighted by Gasteiger charge is 1.97. The summed E-state index contributed by atoms with van der Waals surface area (Å²) >= 11 is 0. The molecule has 0 saturated heterocycles. The Balaban J connectivity index is 0.000000457. The van der Waals surface area contributed by atoms with E-state index in [1.54, 1.807) is 12.4 Å². The molecule has 3 aromatic heterocycles. The van der Waals surface area contributed by atoms with E-state index >= 15 is 0 Å². The van der Waals surface area contributed by atoms with Crippen LogP contribution in [0.25, 0.3) is 21.8 Å². The molecule has 16 heavy (non-hydrogen) atoms. The van der Waals surface area contributed by atoms with Gasteiger partial charge >= 0.3 is 0 Å². The van der Waals surface area contributed by atoms with Gasteiger partial charge in [-0.2, -0.15) is 0 Å². The number of rotatable bonds is 0. The first kappa shape index (κ1) is 10.5. The molecule has 3 heteroatoms. The minimum absolute atomic E-state index is 0.971. The molecule has 0 radical (unpaired) electrons. The summed E-state index contributed by atoms with van der Waals surface area (Å²) in [6.45, 7) is 4.00. The van der Waals surface area contributed by atoms with Crippen LogP contribution < -0.4 is 0 Å². The lowest BCUT2D eigenvalue weighted by Crippen LogP contribution is -1.83. The Bertz CT molecular complexity index is 500. The molecule has 0 bridgehead atoms. The SMILES string of the molecule is CC.c1cc2nc3ccncc3cc2cn1. The van der Waals surface area contributed by atoms with E-state index < -0.39 is 0 Å². The molecule has 3 rings (SSSR count). The zero-order chi connectivity index (χ0) is 11.4. The van der Waals surface area contributed by atoms with Gasteiger partial charge in [-0.25, -0.2) is 4.98 Å². The second-order valence-electron chi connectivity index (χ2n) is 3.13. The fourth-order valence-electron chi connectivity index (χ4n) is 1.52. The maximum Gasteiger partial charge on any atom is 0.0740 e. The molecule has 0 unspecified atom stereocenters. The highest BCUT2D eigenvalue weighted by molar-refractivity contribution is 5.91. The Morgan fingerprint density at radius 3 is 1.81 bits per heavy atom. The van der Waals surface area contributed by atoms with Crippen LogP contribution >= 0.6 is 0 Å². The molecule has 0 aromatic carbocycles. The minimum atomic E-state index is 0.971. The number of hydrogen-bond acceptors (Lipinski definition) is 3. The number of aromatic nitrogens is 3. The Morgan fingerprint density at radius 2 is 1.31 bits per heavy atom. The van der Waals surface area contributed by atoms with Crippen molar-refractivity contribution in [1.82, 2.24) is 15.0 Å². The summed E-state index contributed by atoms with van der Waals surface area (Å²) in [5.74, 6) is 0. The van der Waals surface area contributed by atoms with Crippen molar-refractivity contribution in [2.75, 3.05) is 0 Å². The number of pyridine rings is 3. The van der Waals surface area contributed by atoms with Gasteiger partial charge in [0, 0.05) is 35.6 Å². The summed E-state index contributed by atoms with van der Waals surface area (Å²) in [6, 6.07) is 5.88. The molecule has 0 aliphatic heterocycles. The van der Waals surface area contributed by atoms with E-state index in [0.717, 1.165) is 21.8 Å². The van der Waals surface area contributed by atoms with Crippen molar-refractivity contribution < 1.29 is 0 Å². The quantitative estimate of drug-likeness (QED) is 0.536. The van der Waals surface area contributed by atoms with Crippen LogP contribution in [0.5, 0.6) is 0 Å². The first-order valence-corrected chi connectivity index (χ1v) is 5.38. The standard InChI is InChI=1S/C11H7N3.C2H6/c1-3-12-6-8-5-9-7-13-4-2-11(9)14-10(1)8;1-2/h1-7H;1-2H3. The number of fused-ring (bicyclic) bond motifs is 2. The Kier molecular flexibility index (Phi) is 3.05. The van der Waals surface area contributed by atoms with Crippen LogP contribution in [0.3, 0.4) is 0 Å². The maximum absolute atomic E-state index is 4.50. The van der Waals surface area contributed by atoms with Crippen LogP contribution in [0.15, 0.2) is 43.0 Å². The summed E-state index contributed by atoms with van der Waals surface area (Å²) in [6.07, 6.45) is 7.13. The van der Waals surface area contributed by atoms with Crippen molar-refractivity contribution in [3.63, 3.8) is 0 Å². The molecular weight excluding hydrogens is 198 g/mol. The topological polar surface area (TPSA) is 38.7 Å². The Labute approximate surface area is 94.2 Å². The van der Waals surface area contributed by atoms with Gasteiger partial charge in [-0.05, 0) is 18.2 Å². The first-order valence-electron chi connectivity index (χ1n) is 5.38. The molecule has 0 aliphatic rings. The van der Waals surface area contributed by atoms with E-state index in [9.17, 15) is 0 Å². The van der Waals surface area contributed by atoms with Crippen LogP contribution in [0.2, 0.25) is 0 Å². The lowest BCUT2D eigenvalue weighted by molar-refractivity contribution is 1.32. The summed E-state index contributed by atoms with van der Waals surface area (Å²) in [7, 11) is 0. The fourth-order valence-corrected chi connectivity index (χ4v) is 1.52. The molecule has 0 atom stereocenters. The molecule has 0 N–H and O–H groups in total. The number of nitrogens with zero attached hydrogens (tertiary/aromatic N) is 3. The number of hydrogen-bond donors (Lipinski definition) is 0. The van der Waals surface area contributed by atoms with Crippen molar-refractivity contribution in [3.05, 3.63) is 43.0 Å². The Hall–Kier alpha value is -2.03. The summed E-state index contributed by atoms with van der Waals surface area (Å²) in [4.78, 5) is 12.6. The average molecular weight is 211 g/mol. The summed E-state index contributed by atoms with van der Waals surface area (Å²) < 4.78 is 0. The molecule has 0 fully saturated rings. The Morgan fingerprint density at radius 1 is 0.812 bits per heavy atom. The van der Waals surface area contributed by atoms with E-state index in [2.05, 4.69) is 21.0 Å². The summed E-state index contributed by atoms with van der Waals surface area (Å²) in [5.41, 5.74) is 1.94. The van der Waals surface area contributed by atoms with Gasteiger partial charge in [-0.1, -0.05) is 13.8 Å². The largest absolute Gasteiger partial charge is 0.264 e. The zero-order valence-electron chi connectivity index (χ0n) is 9.38. The molecule has 0 amide bonds. The van der Waals surface area contributed by atoms with Crippen molar-refractivity contribution in [1.29, 1.82) is 0 Å². The van der Waals surface area contributed by atoms with Crippen LogP contribution in [-0.2, 0) is 0 Å². The molecule has 0 aliphatic carbocycles. The third-order valence-corrected chi connectivity index (χ3v) is 2.21. The lowest BCUT2D eigenvalue weighted by atomic mass is 10.2. The van der Waals surface area contributed by atoms with E-state index in [1.165, 1.54) is 0 Å². The molecular formula is C13H13N3. The monoisotopic (exact) mass is 211 g/mol. The van der Waals surface area contributed by atoms with Gasteiger partial charge in [0.05, 0.1) is 11.0 Å². The molecule has 3 aromatic rings. The third kappa shape index (κ3) is 1.84. The third-order valence-electron chi connectivity index (χ3n) is 2.21. The highest BCUT2D eigenvalue weighted by Crippen LogP contribution is 2.16. The van der Waals surface area contributed by atoms with Crippen molar-refractivity contribution in [2.45, 2.75) is 13.8 Å². The van der Waals surface area contributed by atoms with Gasteiger partial charge < -0.3 is 0 Å². The molecule has 0 saturated carbocycles. The van der Waals surface area contributed by atoms with Crippen molar-refractivity contribution in [2.24, 2.45) is 0 Å². The minimum Gasteiger partial charge on any atom is -0.264 e.